The average Bonchev–Trinajstić information content (AvgIpc) is 2.26. The summed E-state index contributed by atoms with van der Waals surface area (Å²) in [6.07, 6.45) is 9.39. The Bertz CT molecular complexity index is 296. The summed E-state index contributed by atoms with van der Waals surface area (Å²) in [6.45, 7) is 3.82. The fourth-order valence-electron chi connectivity index (χ4n) is 2.55. The Balaban J connectivity index is 2.12. The standard InChI is InChI=1S/C13H28N2O2S/c1-2-15-18(16,17)11-10-14-12-13-8-6-4-3-5-7-9-13/h13-15H,2-12H2,1H3. The fourth-order valence-corrected chi connectivity index (χ4v) is 3.55. The van der Waals surface area contributed by atoms with Crippen LogP contribution in [0.25, 0.3) is 0 Å². The molecule has 18 heavy (non-hydrogen) atoms. The smallest absolute Gasteiger partial charge is 0.212 e. The molecule has 5 heteroatoms. The van der Waals surface area contributed by atoms with Crippen LogP contribution in [0.2, 0.25) is 0 Å². The van der Waals surface area contributed by atoms with E-state index in [1.165, 1.54) is 44.9 Å². The minimum Gasteiger partial charge on any atom is -0.315 e. The van der Waals surface area contributed by atoms with Crippen molar-refractivity contribution in [2.24, 2.45) is 5.92 Å². The monoisotopic (exact) mass is 276 g/mol. The molecule has 0 bridgehead atoms. The van der Waals surface area contributed by atoms with Crippen LogP contribution in [-0.2, 0) is 10.0 Å². The highest BCUT2D eigenvalue weighted by atomic mass is 32.2. The molecule has 1 rings (SSSR count). The van der Waals surface area contributed by atoms with E-state index < -0.39 is 10.0 Å². The summed E-state index contributed by atoms with van der Waals surface area (Å²) in [4.78, 5) is 0. The van der Waals surface area contributed by atoms with E-state index in [0.29, 0.717) is 13.1 Å². The van der Waals surface area contributed by atoms with Gasteiger partial charge in [-0.25, -0.2) is 13.1 Å². The molecule has 0 atom stereocenters. The van der Waals surface area contributed by atoms with Crippen molar-refractivity contribution in [2.45, 2.75) is 51.9 Å². The van der Waals surface area contributed by atoms with Gasteiger partial charge in [-0.2, -0.15) is 0 Å². The molecule has 1 saturated carbocycles. The topological polar surface area (TPSA) is 58.2 Å². The van der Waals surface area contributed by atoms with Crippen molar-refractivity contribution >= 4 is 10.0 Å². The van der Waals surface area contributed by atoms with Crippen LogP contribution < -0.4 is 10.0 Å². The first-order valence-corrected chi connectivity index (χ1v) is 8.97. The molecule has 1 aliphatic rings. The predicted molar refractivity (Wildman–Crippen MR) is 76.1 cm³/mol. The highest BCUT2D eigenvalue weighted by Crippen LogP contribution is 2.21. The Morgan fingerprint density at radius 2 is 1.67 bits per heavy atom. The van der Waals surface area contributed by atoms with Gasteiger partial charge in [0.2, 0.25) is 10.0 Å². The lowest BCUT2D eigenvalue weighted by atomic mass is 9.91. The van der Waals surface area contributed by atoms with Crippen molar-refractivity contribution < 1.29 is 8.42 Å². The highest BCUT2D eigenvalue weighted by Gasteiger charge is 2.12. The van der Waals surface area contributed by atoms with Crippen LogP contribution >= 0.6 is 0 Å². The molecule has 0 aromatic carbocycles. The Kier molecular flexibility index (Phi) is 7.86. The van der Waals surface area contributed by atoms with E-state index in [9.17, 15) is 8.42 Å². The molecule has 0 saturated heterocycles. The maximum absolute atomic E-state index is 11.4. The van der Waals surface area contributed by atoms with Crippen LogP contribution in [0.1, 0.15) is 51.9 Å². The quantitative estimate of drug-likeness (QED) is 0.698. The summed E-state index contributed by atoms with van der Waals surface area (Å²) in [5.41, 5.74) is 0. The van der Waals surface area contributed by atoms with Crippen LogP contribution in [0.5, 0.6) is 0 Å². The maximum atomic E-state index is 11.4. The predicted octanol–water partition coefficient (Wildman–Crippen LogP) is 1.88. The number of hydrogen-bond acceptors (Lipinski definition) is 3. The summed E-state index contributed by atoms with van der Waals surface area (Å²) in [5.74, 6) is 0.931. The van der Waals surface area contributed by atoms with Gasteiger partial charge in [0, 0.05) is 13.1 Å². The van der Waals surface area contributed by atoms with Crippen molar-refractivity contribution in [1.29, 1.82) is 0 Å². The largest absolute Gasteiger partial charge is 0.315 e. The van der Waals surface area contributed by atoms with E-state index in [1.54, 1.807) is 6.92 Å². The van der Waals surface area contributed by atoms with E-state index in [1.807, 2.05) is 0 Å². The van der Waals surface area contributed by atoms with Gasteiger partial charge in [-0.1, -0.05) is 39.0 Å². The Morgan fingerprint density at radius 3 is 2.28 bits per heavy atom. The zero-order chi connectivity index (χ0) is 13.3. The van der Waals surface area contributed by atoms with Gasteiger partial charge in [-0.3, -0.25) is 0 Å². The molecule has 0 aromatic heterocycles. The molecule has 1 aliphatic carbocycles. The summed E-state index contributed by atoms with van der Waals surface area (Å²) in [7, 11) is -3.06. The first kappa shape index (κ1) is 15.9. The highest BCUT2D eigenvalue weighted by molar-refractivity contribution is 7.89. The van der Waals surface area contributed by atoms with E-state index in [4.69, 9.17) is 0 Å². The lowest BCUT2D eigenvalue weighted by Crippen LogP contribution is -2.33. The Labute approximate surface area is 112 Å². The zero-order valence-electron chi connectivity index (χ0n) is 11.6. The minimum absolute atomic E-state index is 0.188. The van der Waals surface area contributed by atoms with Gasteiger partial charge in [0.25, 0.3) is 0 Å². The molecule has 1 fully saturated rings. The van der Waals surface area contributed by atoms with E-state index >= 15 is 0 Å². The zero-order valence-corrected chi connectivity index (χ0v) is 12.4. The average molecular weight is 276 g/mol. The fraction of sp³-hybridized carbons (Fsp3) is 1.00. The van der Waals surface area contributed by atoms with E-state index in [2.05, 4.69) is 10.0 Å². The SMILES string of the molecule is CCNS(=O)(=O)CCNCC1CCCCCCC1. The first-order chi connectivity index (χ1) is 8.64. The molecule has 0 spiro atoms. The van der Waals surface area contributed by atoms with Crippen LogP contribution in [0.15, 0.2) is 0 Å². The van der Waals surface area contributed by atoms with Crippen molar-refractivity contribution in [2.75, 3.05) is 25.4 Å². The molecular weight excluding hydrogens is 248 g/mol. The molecule has 108 valence electrons. The van der Waals surface area contributed by atoms with Gasteiger partial charge in [-0.15, -0.1) is 0 Å². The number of nitrogens with one attached hydrogen (secondary N) is 2. The Hall–Kier alpha value is -0.130. The van der Waals surface area contributed by atoms with Crippen LogP contribution in [0.3, 0.4) is 0 Å². The van der Waals surface area contributed by atoms with Crippen molar-refractivity contribution in [1.82, 2.24) is 10.0 Å². The second kappa shape index (κ2) is 8.88. The van der Waals surface area contributed by atoms with Gasteiger partial charge in [-0.05, 0) is 25.3 Å². The number of sulfonamides is 1. The molecule has 0 unspecified atom stereocenters. The molecule has 0 amide bonds. The van der Waals surface area contributed by atoms with Gasteiger partial charge in [0.1, 0.15) is 0 Å². The minimum atomic E-state index is -3.06. The normalized spacial score (nSPS) is 19.4. The summed E-state index contributed by atoms with van der Waals surface area (Å²) in [6, 6.07) is 0. The van der Waals surface area contributed by atoms with Crippen molar-refractivity contribution in [3.8, 4) is 0 Å². The third-order valence-corrected chi connectivity index (χ3v) is 5.04. The van der Waals surface area contributed by atoms with E-state index in [0.717, 1.165) is 12.5 Å². The maximum Gasteiger partial charge on any atom is 0.212 e. The van der Waals surface area contributed by atoms with Gasteiger partial charge in [0.05, 0.1) is 5.75 Å². The molecule has 2 N–H and O–H groups in total. The van der Waals surface area contributed by atoms with Crippen LogP contribution in [0.4, 0.5) is 0 Å². The van der Waals surface area contributed by atoms with Crippen molar-refractivity contribution in [3.63, 3.8) is 0 Å². The number of hydrogen-bond donors (Lipinski definition) is 2. The Morgan fingerprint density at radius 1 is 1.06 bits per heavy atom. The lowest BCUT2D eigenvalue weighted by molar-refractivity contribution is 0.364. The summed E-state index contributed by atoms with van der Waals surface area (Å²) < 4.78 is 25.4. The molecular formula is C13H28N2O2S. The summed E-state index contributed by atoms with van der Waals surface area (Å²) >= 11 is 0. The number of rotatable bonds is 7. The van der Waals surface area contributed by atoms with Crippen LogP contribution in [-0.4, -0.2) is 33.8 Å². The molecule has 0 aromatic rings. The van der Waals surface area contributed by atoms with E-state index in [-0.39, 0.29) is 5.75 Å². The second-order valence-corrected chi connectivity index (χ2v) is 7.16. The molecule has 0 radical (unpaired) electrons. The van der Waals surface area contributed by atoms with Gasteiger partial charge in [0.15, 0.2) is 0 Å². The second-order valence-electron chi connectivity index (χ2n) is 5.23. The van der Waals surface area contributed by atoms with Crippen LogP contribution in [0, 0.1) is 5.92 Å². The van der Waals surface area contributed by atoms with Gasteiger partial charge < -0.3 is 5.32 Å². The molecule has 0 aliphatic heterocycles. The third kappa shape index (κ3) is 7.34. The lowest BCUT2D eigenvalue weighted by Gasteiger charge is -2.20. The molecule has 0 heterocycles. The van der Waals surface area contributed by atoms with Crippen molar-refractivity contribution in [3.05, 3.63) is 0 Å². The summed E-state index contributed by atoms with van der Waals surface area (Å²) in [5, 5.41) is 3.30. The molecule has 4 nitrogen and oxygen atoms in total. The third-order valence-electron chi connectivity index (χ3n) is 3.57. The first-order valence-electron chi connectivity index (χ1n) is 7.32. The van der Waals surface area contributed by atoms with Gasteiger partial charge >= 0.3 is 0 Å².